The minimum absolute atomic E-state index is 0.00803. The van der Waals surface area contributed by atoms with Gasteiger partial charge in [-0.1, -0.05) is 18.2 Å². The fourth-order valence-electron chi connectivity index (χ4n) is 2.82. The molecule has 1 fully saturated rings. The van der Waals surface area contributed by atoms with Crippen LogP contribution in [0.5, 0.6) is 5.75 Å². The van der Waals surface area contributed by atoms with Crippen molar-refractivity contribution in [3.63, 3.8) is 0 Å². The summed E-state index contributed by atoms with van der Waals surface area (Å²) in [5, 5.41) is 6.07. The van der Waals surface area contributed by atoms with Crippen molar-refractivity contribution in [2.45, 2.75) is 32.2 Å². The third kappa shape index (κ3) is 6.38. The van der Waals surface area contributed by atoms with Gasteiger partial charge in [-0.05, 0) is 38.9 Å². The zero-order valence-electron chi connectivity index (χ0n) is 15.2. The molecule has 1 saturated heterocycles. The van der Waals surface area contributed by atoms with Gasteiger partial charge < -0.3 is 20.3 Å². The summed E-state index contributed by atoms with van der Waals surface area (Å²) in [7, 11) is 1.88. The molecule has 1 aliphatic heterocycles. The SMILES string of the molecule is CNC(C)CNC(=O)C1CCN(C(=O)CCOc2ccccc2)CC1. The molecule has 2 N–H and O–H groups in total. The second-order valence-corrected chi connectivity index (χ2v) is 6.50. The third-order valence-corrected chi connectivity index (χ3v) is 4.62. The first-order valence-electron chi connectivity index (χ1n) is 9.00. The van der Waals surface area contributed by atoms with Crippen LogP contribution in [0.4, 0.5) is 0 Å². The number of likely N-dealkylation sites (N-methyl/N-ethyl adjacent to an activating group) is 1. The lowest BCUT2D eigenvalue weighted by Gasteiger charge is -2.31. The number of likely N-dealkylation sites (tertiary alicyclic amines) is 1. The van der Waals surface area contributed by atoms with E-state index in [2.05, 4.69) is 10.6 Å². The van der Waals surface area contributed by atoms with Crippen LogP contribution in [-0.4, -0.2) is 56.0 Å². The number of piperidine rings is 1. The van der Waals surface area contributed by atoms with Gasteiger partial charge in [0.05, 0.1) is 13.0 Å². The molecular weight excluding hydrogens is 318 g/mol. The summed E-state index contributed by atoms with van der Waals surface area (Å²) in [5.74, 6) is 0.982. The minimum Gasteiger partial charge on any atom is -0.493 e. The number of hydrogen-bond acceptors (Lipinski definition) is 4. The van der Waals surface area contributed by atoms with Crippen LogP contribution < -0.4 is 15.4 Å². The number of carbonyl (C=O) groups is 2. The topological polar surface area (TPSA) is 70.7 Å². The predicted octanol–water partition coefficient (Wildman–Crippen LogP) is 1.42. The van der Waals surface area contributed by atoms with Crippen molar-refractivity contribution in [2.75, 3.05) is 33.3 Å². The molecule has 0 spiro atoms. The maximum absolute atomic E-state index is 12.3. The monoisotopic (exact) mass is 347 g/mol. The fraction of sp³-hybridized carbons (Fsp3) is 0.579. The van der Waals surface area contributed by atoms with Crippen LogP contribution in [0, 0.1) is 5.92 Å². The molecule has 6 heteroatoms. The molecule has 25 heavy (non-hydrogen) atoms. The molecule has 1 aromatic rings. The van der Waals surface area contributed by atoms with Gasteiger partial charge in [-0.2, -0.15) is 0 Å². The number of hydrogen-bond donors (Lipinski definition) is 2. The molecule has 2 amide bonds. The van der Waals surface area contributed by atoms with Crippen LogP contribution in [0.1, 0.15) is 26.2 Å². The Morgan fingerprint density at radius 1 is 1.24 bits per heavy atom. The molecule has 6 nitrogen and oxygen atoms in total. The zero-order valence-corrected chi connectivity index (χ0v) is 15.2. The highest BCUT2D eigenvalue weighted by molar-refractivity contribution is 5.80. The summed E-state index contributed by atoms with van der Waals surface area (Å²) in [6, 6.07) is 9.76. The molecule has 1 aromatic carbocycles. The van der Waals surface area contributed by atoms with E-state index in [1.807, 2.05) is 49.2 Å². The second-order valence-electron chi connectivity index (χ2n) is 6.50. The van der Waals surface area contributed by atoms with Crippen molar-refractivity contribution < 1.29 is 14.3 Å². The van der Waals surface area contributed by atoms with E-state index in [0.717, 1.165) is 18.6 Å². The van der Waals surface area contributed by atoms with Crippen LogP contribution in [0.15, 0.2) is 30.3 Å². The van der Waals surface area contributed by atoms with Crippen LogP contribution in [0.25, 0.3) is 0 Å². The second kappa shape index (κ2) is 10.0. The number of amides is 2. The molecule has 1 atom stereocenters. The molecule has 0 radical (unpaired) electrons. The number of ether oxygens (including phenoxy) is 1. The molecule has 2 rings (SSSR count). The van der Waals surface area contributed by atoms with Crippen LogP contribution in [0.3, 0.4) is 0 Å². The van der Waals surface area contributed by atoms with Crippen LogP contribution >= 0.6 is 0 Å². The summed E-state index contributed by atoms with van der Waals surface area (Å²) in [5.41, 5.74) is 0. The molecule has 138 valence electrons. The van der Waals surface area contributed by atoms with E-state index in [0.29, 0.717) is 32.7 Å². The molecule has 0 aliphatic carbocycles. The highest BCUT2D eigenvalue weighted by Crippen LogP contribution is 2.18. The fourth-order valence-corrected chi connectivity index (χ4v) is 2.82. The first kappa shape index (κ1) is 19.2. The number of nitrogens with zero attached hydrogens (tertiary/aromatic N) is 1. The standard InChI is InChI=1S/C19H29N3O3/c1-15(20-2)14-21-19(24)16-8-11-22(12-9-16)18(23)10-13-25-17-6-4-3-5-7-17/h3-7,15-16,20H,8-14H2,1-2H3,(H,21,24). The van der Waals surface area contributed by atoms with E-state index < -0.39 is 0 Å². The maximum Gasteiger partial charge on any atom is 0.225 e. The quantitative estimate of drug-likeness (QED) is 0.746. The Kier molecular flexibility index (Phi) is 7.73. The highest BCUT2D eigenvalue weighted by atomic mass is 16.5. The van der Waals surface area contributed by atoms with E-state index in [1.54, 1.807) is 0 Å². The molecule has 1 unspecified atom stereocenters. The number of carbonyl (C=O) groups excluding carboxylic acids is 2. The smallest absolute Gasteiger partial charge is 0.225 e. The maximum atomic E-state index is 12.3. The summed E-state index contributed by atoms with van der Waals surface area (Å²) in [4.78, 5) is 26.3. The van der Waals surface area contributed by atoms with Gasteiger partial charge in [0.15, 0.2) is 0 Å². The van der Waals surface area contributed by atoms with Crippen molar-refractivity contribution in [1.29, 1.82) is 0 Å². The number of nitrogens with one attached hydrogen (secondary N) is 2. The zero-order chi connectivity index (χ0) is 18.1. The lowest BCUT2D eigenvalue weighted by molar-refractivity contribution is -0.136. The van der Waals surface area contributed by atoms with E-state index in [9.17, 15) is 9.59 Å². The third-order valence-electron chi connectivity index (χ3n) is 4.62. The Morgan fingerprint density at radius 2 is 1.92 bits per heavy atom. The van der Waals surface area contributed by atoms with E-state index in [1.165, 1.54) is 0 Å². The summed E-state index contributed by atoms with van der Waals surface area (Å²) >= 11 is 0. The Hall–Kier alpha value is -2.08. The lowest BCUT2D eigenvalue weighted by atomic mass is 9.95. The average molecular weight is 347 g/mol. The number of benzene rings is 1. The average Bonchev–Trinajstić information content (AvgIpc) is 2.66. The van der Waals surface area contributed by atoms with E-state index >= 15 is 0 Å². The molecule has 0 aromatic heterocycles. The predicted molar refractivity (Wildman–Crippen MR) is 97.4 cm³/mol. The van der Waals surface area contributed by atoms with Gasteiger partial charge in [-0.3, -0.25) is 9.59 Å². The van der Waals surface area contributed by atoms with Crippen molar-refractivity contribution in [3.05, 3.63) is 30.3 Å². The first-order chi connectivity index (χ1) is 12.1. The van der Waals surface area contributed by atoms with Gasteiger partial charge in [0, 0.05) is 31.6 Å². The van der Waals surface area contributed by atoms with E-state index in [4.69, 9.17) is 4.74 Å². The summed E-state index contributed by atoms with van der Waals surface area (Å²) in [6.45, 7) is 4.32. The largest absolute Gasteiger partial charge is 0.493 e. The van der Waals surface area contributed by atoms with Gasteiger partial charge in [-0.15, -0.1) is 0 Å². The Morgan fingerprint density at radius 3 is 2.56 bits per heavy atom. The van der Waals surface area contributed by atoms with Crippen LogP contribution in [-0.2, 0) is 9.59 Å². The van der Waals surface area contributed by atoms with Crippen molar-refractivity contribution in [1.82, 2.24) is 15.5 Å². The number of para-hydroxylation sites is 1. The van der Waals surface area contributed by atoms with Gasteiger partial charge in [0.2, 0.25) is 11.8 Å². The van der Waals surface area contributed by atoms with Crippen molar-refractivity contribution in [2.24, 2.45) is 5.92 Å². The molecule has 0 bridgehead atoms. The molecule has 0 saturated carbocycles. The van der Waals surface area contributed by atoms with E-state index in [-0.39, 0.29) is 23.8 Å². The van der Waals surface area contributed by atoms with Gasteiger partial charge >= 0.3 is 0 Å². The Bertz CT molecular complexity index is 542. The number of rotatable bonds is 8. The lowest BCUT2D eigenvalue weighted by Crippen LogP contribution is -2.45. The van der Waals surface area contributed by atoms with Gasteiger partial charge in [0.25, 0.3) is 0 Å². The van der Waals surface area contributed by atoms with Gasteiger partial charge in [-0.25, -0.2) is 0 Å². The summed E-state index contributed by atoms with van der Waals surface area (Å²) < 4.78 is 5.57. The highest BCUT2D eigenvalue weighted by Gasteiger charge is 2.27. The Balaban J connectivity index is 1.65. The van der Waals surface area contributed by atoms with Crippen molar-refractivity contribution in [3.8, 4) is 5.75 Å². The molecule has 1 heterocycles. The van der Waals surface area contributed by atoms with Gasteiger partial charge in [0.1, 0.15) is 5.75 Å². The molecular formula is C19H29N3O3. The summed E-state index contributed by atoms with van der Waals surface area (Å²) in [6.07, 6.45) is 1.82. The van der Waals surface area contributed by atoms with Crippen molar-refractivity contribution >= 4 is 11.8 Å². The molecule has 1 aliphatic rings. The normalized spacial score (nSPS) is 16.3. The Labute approximate surface area is 149 Å². The van der Waals surface area contributed by atoms with Crippen LogP contribution in [0.2, 0.25) is 0 Å². The minimum atomic E-state index is 0.00803. The first-order valence-corrected chi connectivity index (χ1v) is 9.00.